The van der Waals surface area contributed by atoms with E-state index in [9.17, 15) is 0 Å². The van der Waals surface area contributed by atoms with Crippen LogP contribution in [0.4, 0.5) is 0 Å². The molecule has 2 rings (SSSR count). The van der Waals surface area contributed by atoms with Crippen LogP contribution in [0.15, 0.2) is 72.3 Å². The van der Waals surface area contributed by atoms with Crippen molar-refractivity contribution >= 4 is 28.5 Å². The van der Waals surface area contributed by atoms with Crippen molar-refractivity contribution in [3.63, 3.8) is 0 Å². The molecule has 0 aliphatic carbocycles. The van der Waals surface area contributed by atoms with Gasteiger partial charge in [0.25, 0.3) is 0 Å². The monoisotopic (exact) mass is 393 g/mol. The van der Waals surface area contributed by atoms with Gasteiger partial charge in [0.1, 0.15) is 16.5 Å². The second-order valence-electron chi connectivity index (χ2n) is 6.29. The Balaban J connectivity index is 2.48. The van der Waals surface area contributed by atoms with E-state index < -0.39 is 0 Å². The van der Waals surface area contributed by atoms with Crippen LogP contribution in [0.1, 0.15) is 31.9 Å². The third kappa shape index (κ3) is 5.57. The largest absolute Gasteiger partial charge is 0.497 e. The first-order valence-corrected chi connectivity index (χ1v) is 9.51. The van der Waals surface area contributed by atoms with Gasteiger partial charge in [0.2, 0.25) is 0 Å². The van der Waals surface area contributed by atoms with Gasteiger partial charge in [-0.1, -0.05) is 42.6 Å². The number of allylic oxidation sites excluding steroid dienone is 4. The summed E-state index contributed by atoms with van der Waals surface area (Å²) in [5.74, 6) is 1.65. The minimum absolute atomic E-state index is 0.691. The van der Waals surface area contributed by atoms with Crippen molar-refractivity contribution in [1.82, 2.24) is 5.32 Å². The van der Waals surface area contributed by atoms with Gasteiger partial charge in [-0.15, -0.1) is 0 Å². The number of ether oxygens (including phenoxy) is 2. The molecular formula is C24H27NO2S. The molecule has 28 heavy (non-hydrogen) atoms. The van der Waals surface area contributed by atoms with Crippen molar-refractivity contribution in [2.75, 3.05) is 14.2 Å². The number of hydrogen-bond acceptors (Lipinski definition) is 3. The minimum atomic E-state index is 0.691. The van der Waals surface area contributed by atoms with Crippen molar-refractivity contribution in [1.29, 1.82) is 0 Å². The van der Waals surface area contributed by atoms with Crippen molar-refractivity contribution in [3.8, 4) is 11.5 Å². The third-order valence-corrected chi connectivity index (χ3v) is 4.84. The summed E-state index contributed by atoms with van der Waals surface area (Å²) in [6.45, 7) is 6.07. The minimum Gasteiger partial charge on any atom is -0.497 e. The highest BCUT2D eigenvalue weighted by Gasteiger charge is 2.11. The average molecular weight is 394 g/mol. The van der Waals surface area contributed by atoms with Gasteiger partial charge in [-0.25, -0.2) is 0 Å². The maximum absolute atomic E-state index is 5.63. The summed E-state index contributed by atoms with van der Waals surface area (Å²) in [5.41, 5.74) is 5.19. The molecule has 0 radical (unpaired) electrons. The molecule has 0 spiro atoms. The first kappa shape index (κ1) is 21.5. The fourth-order valence-corrected chi connectivity index (χ4v) is 2.82. The van der Waals surface area contributed by atoms with Crippen LogP contribution in [-0.2, 0) is 0 Å². The molecule has 0 aliphatic heterocycles. The van der Waals surface area contributed by atoms with Crippen LogP contribution in [0.5, 0.6) is 11.5 Å². The Morgan fingerprint density at radius 1 is 0.857 bits per heavy atom. The topological polar surface area (TPSA) is 30.5 Å². The van der Waals surface area contributed by atoms with E-state index >= 15 is 0 Å². The van der Waals surface area contributed by atoms with Gasteiger partial charge in [-0.2, -0.15) is 0 Å². The molecule has 0 fully saturated rings. The maximum Gasteiger partial charge on any atom is 0.118 e. The van der Waals surface area contributed by atoms with Crippen LogP contribution in [0.2, 0.25) is 0 Å². The second-order valence-corrected chi connectivity index (χ2v) is 6.69. The van der Waals surface area contributed by atoms with Crippen LogP contribution in [0.3, 0.4) is 0 Å². The number of benzene rings is 2. The summed E-state index contributed by atoms with van der Waals surface area (Å²) in [6.07, 6.45) is 5.97. The fraction of sp³-hybridized carbons (Fsp3) is 0.208. The molecule has 146 valence electrons. The summed E-state index contributed by atoms with van der Waals surface area (Å²) in [7, 11) is 3.33. The number of hydrogen-bond donors (Lipinski definition) is 1. The molecule has 0 saturated carbocycles. The number of thiocarbonyl (C=S) groups is 1. The Labute approximate surface area is 173 Å². The standard InChI is InChI=1S/C24H27NO2S/c1-6-7-8-17(2)24(28)25-23(20-11-15-22(27-5)16-12-20)18(3)19-9-13-21(26-4)14-10-19/h6-16H,1-5H3,(H,25,28)/b7-6-,17-8+,23-18+. The molecule has 0 heterocycles. The molecule has 0 unspecified atom stereocenters. The molecule has 0 atom stereocenters. The van der Waals surface area contributed by atoms with Gasteiger partial charge in [-0.05, 0) is 79.4 Å². The molecule has 0 aromatic heterocycles. The smallest absolute Gasteiger partial charge is 0.118 e. The van der Waals surface area contributed by atoms with Gasteiger partial charge in [0, 0.05) is 5.70 Å². The average Bonchev–Trinajstić information content (AvgIpc) is 2.75. The Bertz CT molecular complexity index is 891. The molecule has 0 bridgehead atoms. The molecular weight excluding hydrogens is 366 g/mol. The summed E-state index contributed by atoms with van der Waals surface area (Å²) in [6, 6.07) is 16.0. The lowest BCUT2D eigenvalue weighted by Crippen LogP contribution is -2.21. The van der Waals surface area contributed by atoms with Gasteiger partial charge in [-0.3, -0.25) is 0 Å². The number of methoxy groups -OCH3 is 2. The maximum atomic E-state index is 5.63. The highest BCUT2D eigenvalue weighted by molar-refractivity contribution is 7.80. The molecule has 0 aliphatic rings. The molecule has 0 amide bonds. The number of nitrogens with one attached hydrogen (secondary N) is 1. The zero-order chi connectivity index (χ0) is 20.5. The molecule has 0 saturated heterocycles. The number of rotatable bonds is 7. The molecule has 1 N–H and O–H groups in total. The van der Waals surface area contributed by atoms with E-state index in [4.69, 9.17) is 21.7 Å². The Morgan fingerprint density at radius 2 is 1.36 bits per heavy atom. The summed E-state index contributed by atoms with van der Waals surface area (Å²) >= 11 is 5.63. The van der Waals surface area contributed by atoms with Crippen molar-refractivity contribution in [3.05, 3.63) is 83.5 Å². The van der Waals surface area contributed by atoms with Crippen molar-refractivity contribution in [2.45, 2.75) is 20.8 Å². The Kier molecular flexibility index (Phi) is 8.02. The van der Waals surface area contributed by atoms with E-state index in [1.807, 2.05) is 80.6 Å². The van der Waals surface area contributed by atoms with Crippen LogP contribution in [0, 0.1) is 0 Å². The van der Waals surface area contributed by atoms with Gasteiger partial charge in [0.05, 0.1) is 14.2 Å². The third-order valence-electron chi connectivity index (χ3n) is 4.41. The highest BCUT2D eigenvalue weighted by atomic mass is 32.1. The van der Waals surface area contributed by atoms with Crippen molar-refractivity contribution in [2.24, 2.45) is 0 Å². The van der Waals surface area contributed by atoms with Gasteiger partial charge >= 0.3 is 0 Å². The van der Waals surface area contributed by atoms with E-state index in [1.165, 1.54) is 0 Å². The lowest BCUT2D eigenvalue weighted by molar-refractivity contribution is 0.414. The van der Waals surface area contributed by atoms with E-state index in [0.717, 1.165) is 39.5 Å². The molecule has 3 nitrogen and oxygen atoms in total. The fourth-order valence-electron chi connectivity index (χ4n) is 2.65. The van der Waals surface area contributed by atoms with Gasteiger partial charge < -0.3 is 14.8 Å². The van der Waals surface area contributed by atoms with E-state index in [0.29, 0.717) is 4.99 Å². The van der Waals surface area contributed by atoms with E-state index in [2.05, 4.69) is 12.2 Å². The van der Waals surface area contributed by atoms with Crippen LogP contribution >= 0.6 is 12.2 Å². The van der Waals surface area contributed by atoms with Gasteiger partial charge in [0.15, 0.2) is 0 Å². The SMILES string of the molecule is C/C=C\C=C(/C)C(=S)N/C(=C(\C)c1ccc(OC)cc1)c1ccc(OC)cc1. The summed E-state index contributed by atoms with van der Waals surface area (Å²) < 4.78 is 10.6. The lowest BCUT2D eigenvalue weighted by atomic mass is 10.00. The Morgan fingerprint density at radius 3 is 1.82 bits per heavy atom. The predicted octanol–water partition coefficient (Wildman–Crippen LogP) is 6.03. The zero-order valence-corrected chi connectivity index (χ0v) is 17.9. The van der Waals surface area contributed by atoms with E-state index in [-0.39, 0.29) is 0 Å². The quantitative estimate of drug-likeness (QED) is 0.269. The van der Waals surface area contributed by atoms with Crippen LogP contribution in [-0.4, -0.2) is 19.2 Å². The highest BCUT2D eigenvalue weighted by Crippen LogP contribution is 2.27. The van der Waals surface area contributed by atoms with E-state index in [1.54, 1.807) is 14.2 Å². The Hall–Kier alpha value is -2.85. The first-order valence-electron chi connectivity index (χ1n) is 9.10. The summed E-state index contributed by atoms with van der Waals surface area (Å²) in [4.78, 5) is 0.691. The summed E-state index contributed by atoms with van der Waals surface area (Å²) in [5, 5.41) is 3.44. The normalized spacial score (nSPS) is 12.5. The zero-order valence-electron chi connectivity index (χ0n) is 17.1. The van der Waals surface area contributed by atoms with Crippen LogP contribution < -0.4 is 14.8 Å². The predicted molar refractivity (Wildman–Crippen MR) is 123 cm³/mol. The lowest BCUT2D eigenvalue weighted by Gasteiger charge is -2.17. The van der Waals surface area contributed by atoms with Crippen LogP contribution in [0.25, 0.3) is 11.3 Å². The molecule has 2 aromatic carbocycles. The molecule has 4 heteroatoms. The molecule has 2 aromatic rings. The second kappa shape index (κ2) is 10.5. The first-order chi connectivity index (χ1) is 13.5. The van der Waals surface area contributed by atoms with Crippen molar-refractivity contribution < 1.29 is 9.47 Å².